The molecule has 1 aliphatic heterocycles. The Balaban J connectivity index is 2.14. The van der Waals surface area contributed by atoms with Crippen LogP contribution in [0.15, 0.2) is 41.5 Å². The molecule has 0 saturated heterocycles. The van der Waals surface area contributed by atoms with Gasteiger partial charge in [-0.2, -0.15) is 0 Å². The molecule has 94 valence electrons. The van der Waals surface area contributed by atoms with Gasteiger partial charge >= 0.3 is 0 Å². The number of hydrogen-bond donors (Lipinski definition) is 1. The van der Waals surface area contributed by atoms with Gasteiger partial charge in [0.15, 0.2) is 11.6 Å². The number of carbonyl (C=O) groups is 1. The summed E-state index contributed by atoms with van der Waals surface area (Å²) >= 11 is 0. The lowest BCUT2D eigenvalue weighted by Gasteiger charge is -2.15. The van der Waals surface area contributed by atoms with E-state index >= 15 is 0 Å². The van der Waals surface area contributed by atoms with Gasteiger partial charge in [0.1, 0.15) is 5.75 Å². The SMILES string of the molecule is Cc1ccnc2c1C(=O)CC(c1cccc(O)c1)=N2. The lowest BCUT2D eigenvalue weighted by Crippen LogP contribution is -2.16. The molecule has 0 fully saturated rings. The molecule has 1 aromatic carbocycles. The summed E-state index contributed by atoms with van der Waals surface area (Å²) in [7, 11) is 0. The molecule has 3 rings (SSSR count). The van der Waals surface area contributed by atoms with Crippen LogP contribution in [0.2, 0.25) is 0 Å². The molecular weight excluding hydrogens is 240 g/mol. The van der Waals surface area contributed by atoms with Gasteiger partial charge in [-0.3, -0.25) is 4.79 Å². The zero-order chi connectivity index (χ0) is 13.4. The molecule has 1 aliphatic rings. The normalized spacial score (nSPS) is 13.9. The molecule has 4 nitrogen and oxygen atoms in total. The first kappa shape index (κ1) is 11.6. The molecule has 1 N–H and O–H groups in total. The Morgan fingerprint density at radius 1 is 1.26 bits per heavy atom. The van der Waals surface area contributed by atoms with Crippen LogP contribution < -0.4 is 0 Å². The number of benzene rings is 1. The van der Waals surface area contributed by atoms with E-state index in [4.69, 9.17) is 0 Å². The van der Waals surface area contributed by atoms with Gasteiger partial charge in [0.05, 0.1) is 17.7 Å². The van der Waals surface area contributed by atoms with Crippen molar-refractivity contribution >= 4 is 17.3 Å². The fourth-order valence-corrected chi connectivity index (χ4v) is 2.23. The minimum Gasteiger partial charge on any atom is -0.508 e. The maximum Gasteiger partial charge on any atom is 0.172 e. The molecule has 0 bridgehead atoms. The lowest BCUT2D eigenvalue weighted by molar-refractivity contribution is 0.0999. The second kappa shape index (κ2) is 4.31. The molecule has 1 aromatic heterocycles. The van der Waals surface area contributed by atoms with Crippen molar-refractivity contribution in [3.8, 4) is 5.75 Å². The van der Waals surface area contributed by atoms with Crippen LogP contribution in [0.25, 0.3) is 0 Å². The first-order valence-corrected chi connectivity index (χ1v) is 6.01. The Kier molecular flexibility index (Phi) is 2.63. The van der Waals surface area contributed by atoms with E-state index in [1.165, 1.54) is 0 Å². The van der Waals surface area contributed by atoms with E-state index in [9.17, 15) is 9.90 Å². The van der Waals surface area contributed by atoms with Gasteiger partial charge < -0.3 is 5.11 Å². The second-order valence-electron chi connectivity index (χ2n) is 4.54. The summed E-state index contributed by atoms with van der Waals surface area (Å²) in [6.07, 6.45) is 1.89. The van der Waals surface area contributed by atoms with Crippen LogP contribution in [0.4, 0.5) is 5.82 Å². The van der Waals surface area contributed by atoms with E-state index in [0.717, 1.165) is 11.1 Å². The Morgan fingerprint density at radius 2 is 2.11 bits per heavy atom. The quantitative estimate of drug-likeness (QED) is 0.848. The highest BCUT2D eigenvalue weighted by molar-refractivity contribution is 6.20. The summed E-state index contributed by atoms with van der Waals surface area (Å²) in [6, 6.07) is 8.56. The van der Waals surface area contributed by atoms with E-state index in [-0.39, 0.29) is 18.0 Å². The maximum absolute atomic E-state index is 12.2. The summed E-state index contributed by atoms with van der Waals surface area (Å²) in [5.74, 6) is 0.652. The van der Waals surface area contributed by atoms with Gasteiger partial charge in [0, 0.05) is 11.8 Å². The van der Waals surface area contributed by atoms with Crippen molar-refractivity contribution in [1.29, 1.82) is 0 Å². The maximum atomic E-state index is 12.2. The first-order valence-electron chi connectivity index (χ1n) is 6.01. The molecule has 0 atom stereocenters. The smallest absolute Gasteiger partial charge is 0.172 e. The Hall–Kier alpha value is -2.49. The number of phenols is 1. The first-order chi connectivity index (χ1) is 9.15. The standard InChI is InChI=1S/C15H12N2O2/c1-9-5-6-16-15-14(9)13(19)8-12(17-15)10-3-2-4-11(18)7-10/h2-7,18H,8H2,1H3. The predicted octanol–water partition coefficient (Wildman–Crippen LogP) is 2.80. The van der Waals surface area contributed by atoms with Crippen molar-refractivity contribution in [3.05, 3.63) is 53.2 Å². The van der Waals surface area contributed by atoms with Crippen molar-refractivity contribution in [2.75, 3.05) is 0 Å². The minimum atomic E-state index is 0.0222. The molecule has 19 heavy (non-hydrogen) atoms. The number of fused-ring (bicyclic) bond motifs is 1. The molecule has 4 heteroatoms. The van der Waals surface area contributed by atoms with E-state index < -0.39 is 0 Å². The second-order valence-corrected chi connectivity index (χ2v) is 4.54. The highest BCUT2D eigenvalue weighted by Crippen LogP contribution is 2.28. The van der Waals surface area contributed by atoms with Crippen LogP contribution in [-0.2, 0) is 0 Å². The number of hydrogen-bond acceptors (Lipinski definition) is 4. The monoisotopic (exact) mass is 252 g/mol. The summed E-state index contributed by atoms with van der Waals surface area (Å²) in [4.78, 5) is 20.8. The summed E-state index contributed by atoms with van der Waals surface area (Å²) in [6.45, 7) is 1.88. The molecule has 2 aromatic rings. The van der Waals surface area contributed by atoms with Gasteiger partial charge in [-0.25, -0.2) is 9.98 Å². The molecule has 0 saturated carbocycles. The van der Waals surface area contributed by atoms with E-state index in [2.05, 4.69) is 9.98 Å². The Bertz CT molecular complexity index is 705. The number of aryl methyl sites for hydroxylation is 1. The average Bonchev–Trinajstić information content (AvgIpc) is 2.38. The average molecular weight is 252 g/mol. The molecule has 0 spiro atoms. The summed E-state index contributed by atoms with van der Waals surface area (Å²) < 4.78 is 0. The van der Waals surface area contributed by atoms with Crippen molar-refractivity contribution in [1.82, 2.24) is 4.98 Å². The van der Waals surface area contributed by atoms with Gasteiger partial charge in [0.25, 0.3) is 0 Å². The van der Waals surface area contributed by atoms with E-state index in [0.29, 0.717) is 17.1 Å². The number of phenolic OH excluding ortho intramolecular Hbond substituents is 1. The topological polar surface area (TPSA) is 62.5 Å². The van der Waals surface area contributed by atoms with E-state index in [1.54, 1.807) is 24.4 Å². The van der Waals surface area contributed by atoms with Crippen LogP contribution in [0.1, 0.15) is 27.9 Å². The van der Waals surface area contributed by atoms with Crippen molar-refractivity contribution < 1.29 is 9.90 Å². The van der Waals surface area contributed by atoms with Crippen LogP contribution in [0.3, 0.4) is 0 Å². The number of carbonyl (C=O) groups excluding carboxylic acids is 1. The highest BCUT2D eigenvalue weighted by Gasteiger charge is 2.23. The molecule has 0 radical (unpaired) electrons. The van der Waals surface area contributed by atoms with Crippen LogP contribution >= 0.6 is 0 Å². The third-order valence-electron chi connectivity index (χ3n) is 3.17. The zero-order valence-corrected chi connectivity index (χ0v) is 10.4. The van der Waals surface area contributed by atoms with Crippen LogP contribution in [0, 0.1) is 6.92 Å². The molecule has 0 amide bonds. The summed E-state index contributed by atoms with van der Waals surface area (Å²) in [5.41, 5.74) is 2.90. The largest absolute Gasteiger partial charge is 0.508 e. The number of ketones is 1. The Labute approximate surface area is 110 Å². The predicted molar refractivity (Wildman–Crippen MR) is 72.2 cm³/mol. The molecule has 2 heterocycles. The van der Waals surface area contributed by atoms with Crippen molar-refractivity contribution in [2.45, 2.75) is 13.3 Å². The van der Waals surface area contributed by atoms with Crippen molar-refractivity contribution in [2.24, 2.45) is 4.99 Å². The summed E-state index contributed by atoms with van der Waals surface area (Å²) in [5, 5.41) is 9.49. The Morgan fingerprint density at radius 3 is 2.89 bits per heavy atom. The number of pyridine rings is 1. The van der Waals surface area contributed by atoms with E-state index in [1.807, 2.05) is 19.1 Å². The number of aromatic hydroxyl groups is 1. The minimum absolute atomic E-state index is 0.0222. The van der Waals surface area contributed by atoms with Gasteiger partial charge in [-0.15, -0.1) is 0 Å². The number of rotatable bonds is 1. The highest BCUT2D eigenvalue weighted by atomic mass is 16.3. The van der Waals surface area contributed by atoms with Gasteiger partial charge in [-0.1, -0.05) is 12.1 Å². The third kappa shape index (κ3) is 2.01. The van der Waals surface area contributed by atoms with Crippen LogP contribution in [0.5, 0.6) is 5.75 Å². The zero-order valence-electron chi connectivity index (χ0n) is 10.4. The van der Waals surface area contributed by atoms with Gasteiger partial charge in [-0.05, 0) is 30.7 Å². The molecule has 0 aliphatic carbocycles. The number of aromatic nitrogens is 1. The number of Topliss-reactive ketones (excluding diaryl/α,β-unsaturated/α-hetero) is 1. The number of aliphatic imine (C=N–C) groups is 1. The fourth-order valence-electron chi connectivity index (χ4n) is 2.23. The van der Waals surface area contributed by atoms with Gasteiger partial charge in [0.2, 0.25) is 0 Å². The van der Waals surface area contributed by atoms with Crippen molar-refractivity contribution in [3.63, 3.8) is 0 Å². The number of nitrogens with zero attached hydrogens (tertiary/aromatic N) is 2. The molecule has 0 unspecified atom stereocenters. The fraction of sp³-hybridized carbons (Fsp3) is 0.133. The third-order valence-corrected chi connectivity index (χ3v) is 3.17. The lowest BCUT2D eigenvalue weighted by atomic mass is 9.95. The molecular formula is C15H12N2O2. The van der Waals surface area contributed by atoms with Crippen LogP contribution in [-0.4, -0.2) is 21.6 Å².